The molecular formula is C14H23NO6. The van der Waals surface area contributed by atoms with Crippen LogP contribution in [0.15, 0.2) is 12.2 Å². The van der Waals surface area contributed by atoms with Gasteiger partial charge in [-0.15, -0.1) is 0 Å². The summed E-state index contributed by atoms with van der Waals surface area (Å²) < 4.78 is 14.5. The largest absolute Gasteiger partial charge is 0.461 e. The molecule has 0 rings (SSSR count). The molecule has 0 saturated heterocycles. The van der Waals surface area contributed by atoms with Crippen molar-refractivity contribution in [2.75, 3.05) is 13.3 Å². The van der Waals surface area contributed by atoms with Gasteiger partial charge >= 0.3 is 18.0 Å². The van der Waals surface area contributed by atoms with E-state index in [2.05, 4.69) is 11.9 Å². The van der Waals surface area contributed by atoms with E-state index in [0.717, 1.165) is 0 Å². The van der Waals surface area contributed by atoms with E-state index in [1.807, 2.05) is 6.92 Å². The molecule has 0 saturated carbocycles. The normalized spacial score (nSPS) is 10.5. The van der Waals surface area contributed by atoms with Gasteiger partial charge in [0.05, 0.1) is 5.57 Å². The van der Waals surface area contributed by atoms with Crippen LogP contribution in [0.2, 0.25) is 0 Å². The molecule has 0 radical (unpaired) electrons. The first kappa shape index (κ1) is 18.9. The number of esters is 2. The van der Waals surface area contributed by atoms with Gasteiger partial charge in [0.25, 0.3) is 0 Å². The van der Waals surface area contributed by atoms with E-state index in [1.54, 1.807) is 20.8 Å². The average molecular weight is 301 g/mol. The van der Waals surface area contributed by atoms with Crippen LogP contribution in [0.4, 0.5) is 4.79 Å². The standard InChI is InChI=1S/C14H23NO6/c1-6-7-11(16)19-8-10(2)12(17)20-9-15-13(18)21-14(3,4)5/h2,6-9H2,1,3-5H3,(H,15,18). The predicted molar refractivity (Wildman–Crippen MR) is 75.3 cm³/mol. The van der Waals surface area contributed by atoms with Gasteiger partial charge in [-0.3, -0.25) is 10.1 Å². The maximum Gasteiger partial charge on any atom is 0.410 e. The lowest BCUT2D eigenvalue weighted by Gasteiger charge is -2.19. The van der Waals surface area contributed by atoms with Crippen molar-refractivity contribution in [1.29, 1.82) is 0 Å². The van der Waals surface area contributed by atoms with Crippen molar-refractivity contribution in [3.05, 3.63) is 12.2 Å². The fourth-order valence-electron chi connectivity index (χ4n) is 1.08. The summed E-state index contributed by atoms with van der Waals surface area (Å²) in [4.78, 5) is 33.9. The summed E-state index contributed by atoms with van der Waals surface area (Å²) in [6, 6.07) is 0. The molecule has 0 aliphatic rings. The summed E-state index contributed by atoms with van der Waals surface area (Å²) in [5, 5.41) is 2.26. The van der Waals surface area contributed by atoms with Crippen molar-refractivity contribution in [3.63, 3.8) is 0 Å². The van der Waals surface area contributed by atoms with Crippen molar-refractivity contribution < 1.29 is 28.6 Å². The van der Waals surface area contributed by atoms with Crippen LogP contribution >= 0.6 is 0 Å². The third kappa shape index (κ3) is 10.4. The minimum atomic E-state index is -0.754. The van der Waals surface area contributed by atoms with Crippen LogP contribution in [-0.4, -0.2) is 37.0 Å². The number of rotatable bonds is 7. The highest BCUT2D eigenvalue weighted by Crippen LogP contribution is 2.06. The van der Waals surface area contributed by atoms with Gasteiger partial charge in [-0.1, -0.05) is 13.5 Å². The van der Waals surface area contributed by atoms with Crippen molar-refractivity contribution in [3.8, 4) is 0 Å². The molecule has 21 heavy (non-hydrogen) atoms. The molecule has 0 aliphatic carbocycles. The Bertz CT molecular complexity index is 397. The zero-order chi connectivity index (χ0) is 16.5. The number of alkyl carbamates (subject to hydrolysis) is 1. The van der Waals surface area contributed by atoms with Crippen LogP contribution in [0.25, 0.3) is 0 Å². The summed E-state index contributed by atoms with van der Waals surface area (Å²) in [7, 11) is 0. The van der Waals surface area contributed by atoms with E-state index in [4.69, 9.17) is 14.2 Å². The Morgan fingerprint density at radius 3 is 2.29 bits per heavy atom. The van der Waals surface area contributed by atoms with Crippen molar-refractivity contribution >= 4 is 18.0 Å². The molecule has 7 nitrogen and oxygen atoms in total. The smallest absolute Gasteiger partial charge is 0.410 e. The van der Waals surface area contributed by atoms with Gasteiger partial charge in [-0.25, -0.2) is 9.59 Å². The monoisotopic (exact) mass is 301 g/mol. The van der Waals surface area contributed by atoms with Crippen molar-refractivity contribution in [1.82, 2.24) is 5.32 Å². The van der Waals surface area contributed by atoms with E-state index in [1.165, 1.54) is 0 Å². The summed E-state index contributed by atoms with van der Waals surface area (Å²) in [6.45, 7) is 9.84. The summed E-state index contributed by atoms with van der Waals surface area (Å²) >= 11 is 0. The average Bonchev–Trinajstić information content (AvgIpc) is 2.33. The van der Waals surface area contributed by atoms with E-state index in [0.29, 0.717) is 6.42 Å². The SMILES string of the molecule is C=C(COC(=O)CCC)C(=O)OCNC(=O)OC(C)(C)C. The molecule has 0 spiro atoms. The number of nitrogens with one attached hydrogen (secondary N) is 1. The zero-order valence-corrected chi connectivity index (χ0v) is 13.0. The molecule has 0 aromatic heterocycles. The third-order valence-electron chi connectivity index (χ3n) is 1.97. The van der Waals surface area contributed by atoms with E-state index < -0.39 is 23.6 Å². The molecule has 0 aromatic carbocycles. The Morgan fingerprint density at radius 2 is 1.76 bits per heavy atom. The quantitative estimate of drug-likeness (QED) is 0.334. The second-order valence-electron chi connectivity index (χ2n) is 5.27. The maximum atomic E-state index is 11.5. The van der Waals surface area contributed by atoms with Gasteiger partial charge in [-0.2, -0.15) is 0 Å². The van der Waals surface area contributed by atoms with Crippen LogP contribution < -0.4 is 5.32 Å². The van der Waals surface area contributed by atoms with Crippen LogP contribution in [0, 0.1) is 0 Å². The van der Waals surface area contributed by atoms with Crippen molar-refractivity contribution in [2.45, 2.75) is 46.1 Å². The number of hydrogen-bond acceptors (Lipinski definition) is 6. The molecule has 1 amide bonds. The Balaban J connectivity index is 3.91. The first-order valence-electron chi connectivity index (χ1n) is 6.63. The number of amides is 1. The molecule has 0 fully saturated rings. The van der Waals surface area contributed by atoms with Crippen LogP contribution in [-0.2, 0) is 23.8 Å². The van der Waals surface area contributed by atoms with E-state index in [-0.39, 0.29) is 25.3 Å². The highest BCUT2D eigenvalue weighted by molar-refractivity contribution is 5.88. The first-order valence-corrected chi connectivity index (χ1v) is 6.63. The Morgan fingerprint density at radius 1 is 1.14 bits per heavy atom. The Hall–Kier alpha value is -2.05. The lowest BCUT2D eigenvalue weighted by Crippen LogP contribution is -2.34. The molecule has 0 aliphatic heterocycles. The molecule has 0 aromatic rings. The molecule has 0 bridgehead atoms. The highest BCUT2D eigenvalue weighted by atomic mass is 16.6. The van der Waals surface area contributed by atoms with E-state index in [9.17, 15) is 14.4 Å². The van der Waals surface area contributed by atoms with Crippen molar-refractivity contribution in [2.24, 2.45) is 0 Å². The minimum Gasteiger partial charge on any atom is -0.461 e. The first-order chi connectivity index (χ1) is 9.65. The van der Waals surface area contributed by atoms with Gasteiger partial charge < -0.3 is 14.2 Å². The zero-order valence-electron chi connectivity index (χ0n) is 13.0. The Kier molecular flexibility index (Phi) is 8.11. The fourth-order valence-corrected chi connectivity index (χ4v) is 1.08. The van der Waals surface area contributed by atoms with Crippen LogP contribution in [0.1, 0.15) is 40.5 Å². The fraction of sp³-hybridized carbons (Fsp3) is 0.643. The molecule has 7 heteroatoms. The van der Waals surface area contributed by atoms with Crippen LogP contribution in [0.3, 0.4) is 0 Å². The molecule has 0 unspecified atom stereocenters. The van der Waals surface area contributed by atoms with Gasteiger partial charge in [-0.05, 0) is 27.2 Å². The third-order valence-corrected chi connectivity index (χ3v) is 1.97. The molecule has 0 heterocycles. The number of hydrogen-bond donors (Lipinski definition) is 1. The van der Waals surface area contributed by atoms with Gasteiger partial charge in [0, 0.05) is 6.42 Å². The lowest BCUT2D eigenvalue weighted by atomic mass is 10.2. The molecule has 1 N–H and O–H groups in total. The van der Waals surface area contributed by atoms with Gasteiger partial charge in [0.1, 0.15) is 12.2 Å². The summed E-state index contributed by atoms with van der Waals surface area (Å²) in [5.41, 5.74) is -0.643. The number of carbonyl (C=O) groups excluding carboxylic acids is 3. The van der Waals surface area contributed by atoms with Crippen LogP contribution in [0.5, 0.6) is 0 Å². The second kappa shape index (κ2) is 8.99. The highest BCUT2D eigenvalue weighted by Gasteiger charge is 2.16. The summed E-state index contributed by atoms with van der Waals surface area (Å²) in [6.07, 6.45) is 0.244. The maximum absolute atomic E-state index is 11.5. The molecule has 0 atom stereocenters. The second-order valence-corrected chi connectivity index (χ2v) is 5.27. The van der Waals surface area contributed by atoms with Gasteiger partial charge in [0.15, 0.2) is 6.73 Å². The summed E-state index contributed by atoms with van der Waals surface area (Å²) in [5.74, 6) is -1.16. The topological polar surface area (TPSA) is 90.9 Å². The molecular weight excluding hydrogens is 278 g/mol. The number of ether oxygens (including phenoxy) is 3. The Labute approximate surface area is 124 Å². The minimum absolute atomic E-state index is 0.00885. The number of carbonyl (C=O) groups is 3. The van der Waals surface area contributed by atoms with E-state index >= 15 is 0 Å². The predicted octanol–water partition coefficient (Wildman–Crippen LogP) is 1.91. The lowest BCUT2D eigenvalue weighted by molar-refractivity contribution is -0.145. The van der Waals surface area contributed by atoms with Gasteiger partial charge in [0.2, 0.25) is 0 Å². The molecule has 120 valence electrons.